The van der Waals surface area contributed by atoms with E-state index in [2.05, 4.69) is 5.32 Å². The first-order valence-corrected chi connectivity index (χ1v) is 8.16. The van der Waals surface area contributed by atoms with Crippen LogP contribution in [0, 0.1) is 11.8 Å². The van der Waals surface area contributed by atoms with Crippen LogP contribution in [-0.4, -0.2) is 47.6 Å². The summed E-state index contributed by atoms with van der Waals surface area (Å²) in [5.74, 6) is 0.549. The minimum absolute atomic E-state index is 0.0392. The number of carbonyl (C=O) groups is 2. The lowest BCUT2D eigenvalue weighted by Crippen LogP contribution is -2.53. The standard InChI is InChI=1S/C16H30N2O3/c1-4-6-15(20)18-10-13(7-5-8-19)9-14(11-18)17-16(21)12(2)3/h12-14,19H,4-11H2,1-3H3,(H,17,21). The molecule has 1 saturated heterocycles. The Balaban J connectivity index is 2.64. The Labute approximate surface area is 128 Å². The predicted octanol–water partition coefficient (Wildman–Crippen LogP) is 1.55. The monoisotopic (exact) mass is 298 g/mol. The summed E-state index contributed by atoms with van der Waals surface area (Å²) in [4.78, 5) is 25.9. The molecule has 0 aliphatic carbocycles. The lowest BCUT2D eigenvalue weighted by atomic mass is 9.90. The van der Waals surface area contributed by atoms with Gasteiger partial charge in [0.2, 0.25) is 11.8 Å². The van der Waals surface area contributed by atoms with Gasteiger partial charge in [-0.25, -0.2) is 0 Å². The molecule has 1 heterocycles. The average Bonchev–Trinajstić information content (AvgIpc) is 2.45. The van der Waals surface area contributed by atoms with E-state index in [-0.39, 0.29) is 30.4 Å². The Morgan fingerprint density at radius 1 is 1.33 bits per heavy atom. The summed E-state index contributed by atoms with van der Waals surface area (Å²) in [6.07, 6.45) is 3.97. The zero-order chi connectivity index (χ0) is 15.8. The molecule has 5 heteroatoms. The summed E-state index contributed by atoms with van der Waals surface area (Å²) >= 11 is 0. The van der Waals surface area contributed by atoms with Gasteiger partial charge in [-0.2, -0.15) is 0 Å². The maximum atomic E-state index is 12.1. The lowest BCUT2D eigenvalue weighted by molar-refractivity contribution is -0.135. The van der Waals surface area contributed by atoms with Gasteiger partial charge in [0.1, 0.15) is 0 Å². The van der Waals surface area contributed by atoms with Gasteiger partial charge >= 0.3 is 0 Å². The third-order valence-corrected chi connectivity index (χ3v) is 4.00. The van der Waals surface area contributed by atoms with Crippen LogP contribution in [-0.2, 0) is 9.59 Å². The number of piperidine rings is 1. The number of aliphatic hydroxyl groups is 1. The SMILES string of the molecule is CCCC(=O)N1CC(CCCO)CC(NC(=O)C(C)C)C1. The number of aliphatic hydroxyl groups excluding tert-OH is 1. The molecule has 1 rings (SSSR count). The highest BCUT2D eigenvalue weighted by Crippen LogP contribution is 2.22. The predicted molar refractivity (Wildman–Crippen MR) is 82.7 cm³/mol. The molecule has 0 saturated carbocycles. The first-order valence-electron chi connectivity index (χ1n) is 8.16. The number of nitrogens with one attached hydrogen (secondary N) is 1. The van der Waals surface area contributed by atoms with E-state index in [1.165, 1.54) is 0 Å². The number of carbonyl (C=O) groups excluding carboxylic acids is 2. The maximum Gasteiger partial charge on any atom is 0.222 e. The molecule has 21 heavy (non-hydrogen) atoms. The summed E-state index contributed by atoms with van der Waals surface area (Å²) in [5.41, 5.74) is 0. The second kappa shape index (κ2) is 9.03. The van der Waals surface area contributed by atoms with E-state index in [0.29, 0.717) is 18.9 Å². The number of nitrogens with zero attached hydrogens (tertiary/aromatic N) is 1. The van der Waals surface area contributed by atoms with Crippen LogP contribution in [0.5, 0.6) is 0 Å². The van der Waals surface area contributed by atoms with E-state index in [4.69, 9.17) is 5.11 Å². The van der Waals surface area contributed by atoms with Crippen molar-refractivity contribution in [1.29, 1.82) is 0 Å². The van der Waals surface area contributed by atoms with Crippen molar-refractivity contribution in [1.82, 2.24) is 10.2 Å². The van der Waals surface area contributed by atoms with Gasteiger partial charge in [-0.3, -0.25) is 9.59 Å². The molecule has 0 spiro atoms. The van der Waals surface area contributed by atoms with Gasteiger partial charge in [0.25, 0.3) is 0 Å². The fourth-order valence-electron chi connectivity index (χ4n) is 2.84. The first kappa shape index (κ1) is 18.0. The van der Waals surface area contributed by atoms with Crippen molar-refractivity contribution in [2.45, 2.75) is 58.9 Å². The summed E-state index contributed by atoms with van der Waals surface area (Å²) in [5, 5.41) is 12.0. The van der Waals surface area contributed by atoms with Crippen molar-refractivity contribution in [2.75, 3.05) is 19.7 Å². The van der Waals surface area contributed by atoms with Crippen LogP contribution in [0.3, 0.4) is 0 Å². The van der Waals surface area contributed by atoms with Crippen molar-refractivity contribution in [3.8, 4) is 0 Å². The number of likely N-dealkylation sites (tertiary alicyclic amines) is 1. The zero-order valence-electron chi connectivity index (χ0n) is 13.6. The largest absolute Gasteiger partial charge is 0.396 e. The van der Waals surface area contributed by atoms with Gasteiger partial charge in [-0.05, 0) is 31.6 Å². The van der Waals surface area contributed by atoms with Crippen LogP contribution in [0.4, 0.5) is 0 Å². The van der Waals surface area contributed by atoms with Crippen molar-refractivity contribution < 1.29 is 14.7 Å². The number of rotatable bonds is 7. The highest BCUT2D eigenvalue weighted by Gasteiger charge is 2.30. The molecule has 1 fully saturated rings. The Morgan fingerprint density at radius 3 is 2.62 bits per heavy atom. The molecular weight excluding hydrogens is 268 g/mol. The van der Waals surface area contributed by atoms with Crippen LogP contribution in [0.1, 0.15) is 52.9 Å². The molecule has 0 bridgehead atoms. The van der Waals surface area contributed by atoms with Crippen LogP contribution >= 0.6 is 0 Å². The highest BCUT2D eigenvalue weighted by atomic mass is 16.3. The van der Waals surface area contributed by atoms with Crippen LogP contribution in [0.2, 0.25) is 0 Å². The van der Waals surface area contributed by atoms with E-state index >= 15 is 0 Å². The van der Waals surface area contributed by atoms with Crippen LogP contribution in [0.15, 0.2) is 0 Å². The summed E-state index contributed by atoms with van der Waals surface area (Å²) in [6.45, 7) is 7.31. The fraction of sp³-hybridized carbons (Fsp3) is 0.875. The molecule has 2 unspecified atom stereocenters. The quantitative estimate of drug-likeness (QED) is 0.749. The van der Waals surface area contributed by atoms with E-state index in [0.717, 1.165) is 32.2 Å². The Bertz CT molecular complexity index is 344. The second-order valence-corrected chi connectivity index (χ2v) is 6.38. The Morgan fingerprint density at radius 2 is 2.05 bits per heavy atom. The molecule has 2 atom stereocenters. The molecule has 0 aromatic rings. The maximum absolute atomic E-state index is 12.1. The Hall–Kier alpha value is -1.10. The smallest absolute Gasteiger partial charge is 0.222 e. The fourth-order valence-corrected chi connectivity index (χ4v) is 2.84. The highest BCUT2D eigenvalue weighted by molar-refractivity contribution is 5.79. The molecule has 5 nitrogen and oxygen atoms in total. The molecule has 1 aliphatic rings. The second-order valence-electron chi connectivity index (χ2n) is 6.38. The first-order chi connectivity index (χ1) is 9.97. The lowest BCUT2D eigenvalue weighted by Gasteiger charge is -2.38. The Kier molecular flexibility index (Phi) is 7.72. The average molecular weight is 298 g/mol. The minimum atomic E-state index is -0.0392. The zero-order valence-corrected chi connectivity index (χ0v) is 13.6. The van der Waals surface area contributed by atoms with Gasteiger partial charge in [-0.15, -0.1) is 0 Å². The van der Waals surface area contributed by atoms with E-state index in [1.807, 2.05) is 25.7 Å². The summed E-state index contributed by atoms with van der Waals surface area (Å²) in [7, 11) is 0. The van der Waals surface area contributed by atoms with Gasteiger partial charge < -0.3 is 15.3 Å². The number of hydrogen-bond donors (Lipinski definition) is 2. The van der Waals surface area contributed by atoms with Crippen molar-refractivity contribution in [2.24, 2.45) is 11.8 Å². The molecule has 122 valence electrons. The van der Waals surface area contributed by atoms with Crippen molar-refractivity contribution in [3.63, 3.8) is 0 Å². The van der Waals surface area contributed by atoms with E-state index in [1.54, 1.807) is 0 Å². The minimum Gasteiger partial charge on any atom is -0.396 e. The molecule has 0 aromatic heterocycles. The van der Waals surface area contributed by atoms with Crippen molar-refractivity contribution in [3.05, 3.63) is 0 Å². The van der Waals surface area contributed by atoms with Crippen molar-refractivity contribution >= 4 is 11.8 Å². The molecule has 2 N–H and O–H groups in total. The summed E-state index contributed by atoms with van der Waals surface area (Å²) in [6, 6.07) is 0.0400. The normalized spacial score (nSPS) is 22.4. The van der Waals surface area contributed by atoms with Gasteiger partial charge in [0.05, 0.1) is 0 Å². The molecule has 2 amide bonds. The van der Waals surface area contributed by atoms with Gasteiger partial charge in [-0.1, -0.05) is 20.8 Å². The molecule has 1 aliphatic heterocycles. The molecular formula is C16H30N2O3. The van der Waals surface area contributed by atoms with Crippen LogP contribution in [0.25, 0.3) is 0 Å². The van der Waals surface area contributed by atoms with Gasteiger partial charge in [0, 0.05) is 38.1 Å². The van der Waals surface area contributed by atoms with E-state index in [9.17, 15) is 9.59 Å². The third kappa shape index (κ3) is 6.04. The molecule has 0 radical (unpaired) electrons. The number of amides is 2. The summed E-state index contributed by atoms with van der Waals surface area (Å²) < 4.78 is 0. The number of hydrogen-bond acceptors (Lipinski definition) is 3. The molecule has 0 aromatic carbocycles. The topological polar surface area (TPSA) is 69.6 Å². The third-order valence-electron chi connectivity index (χ3n) is 4.00. The van der Waals surface area contributed by atoms with Gasteiger partial charge in [0.15, 0.2) is 0 Å². The van der Waals surface area contributed by atoms with Crippen LogP contribution < -0.4 is 5.32 Å². The van der Waals surface area contributed by atoms with E-state index < -0.39 is 0 Å².